The largest absolute Gasteiger partial charge is 0.466 e. The molecule has 2 N–H and O–H groups in total. The molecule has 1 aromatic heterocycles. The fourth-order valence-corrected chi connectivity index (χ4v) is 2.33. The molecule has 18 heavy (non-hydrogen) atoms. The fraction of sp³-hybridized carbons (Fsp3) is 0.231. The number of halogens is 2. The van der Waals surface area contributed by atoms with Gasteiger partial charge in [-0.25, -0.2) is 4.39 Å². The molecule has 0 saturated carbocycles. The molecular weight excluding hydrogens is 299 g/mol. The van der Waals surface area contributed by atoms with Crippen LogP contribution in [0.2, 0.25) is 0 Å². The highest BCUT2D eigenvalue weighted by molar-refractivity contribution is 9.10. The predicted molar refractivity (Wildman–Crippen MR) is 73.0 cm³/mol. The molecule has 0 bridgehead atoms. The summed E-state index contributed by atoms with van der Waals surface area (Å²) >= 11 is 3.41. The second kappa shape index (κ2) is 5.54. The van der Waals surface area contributed by atoms with Gasteiger partial charge >= 0.3 is 0 Å². The Morgan fingerprint density at radius 3 is 2.78 bits per heavy atom. The van der Waals surface area contributed by atoms with Gasteiger partial charge in [-0.2, -0.15) is 0 Å². The van der Waals surface area contributed by atoms with Gasteiger partial charge in [-0.3, -0.25) is 0 Å². The summed E-state index contributed by atoms with van der Waals surface area (Å²) in [7, 11) is 1.86. The van der Waals surface area contributed by atoms with Crippen molar-refractivity contribution in [2.24, 2.45) is 5.73 Å². The molecule has 0 spiro atoms. The third kappa shape index (κ3) is 2.57. The van der Waals surface area contributed by atoms with Crippen LogP contribution in [0.25, 0.3) is 0 Å². The van der Waals surface area contributed by atoms with Crippen molar-refractivity contribution in [2.75, 3.05) is 18.5 Å². The number of likely N-dealkylation sites (N-methyl/N-ethyl adjacent to an activating group) is 1. The van der Waals surface area contributed by atoms with Crippen molar-refractivity contribution >= 4 is 21.6 Å². The van der Waals surface area contributed by atoms with E-state index in [0.29, 0.717) is 6.54 Å². The van der Waals surface area contributed by atoms with Gasteiger partial charge in [0.1, 0.15) is 17.6 Å². The van der Waals surface area contributed by atoms with E-state index >= 15 is 0 Å². The van der Waals surface area contributed by atoms with Crippen LogP contribution in [0.5, 0.6) is 0 Å². The maximum absolute atomic E-state index is 13.2. The second-order valence-corrected chi connectivity index (χ2v) is 4.83. The highest BCUT2D eigenvalue weighted by atomic mass is 79.9. The maximum atomic E-state index is 13.2. The van der Waals surface area contributed by atoms with Crippen molar-refractivity contribution in [3.63, 3.8) is 0 Å². The van der Waals surface area contributed by atoms with E-state index in [-0.39, 0.29) is 11.9 Å². The summed E-state index contributed by atoms with van der Waals surface area (Å²) in [6.45, 7) is 0.374. The molecule has 2 rings (SSSR count). The van der Waals surface area contributed by atoms with E-state index in [2.05, 4.69) is 15.9 Å². The molecule has 2 aromatic rings. The Balaban J connectivity index is 2.31. The monoisotopic (exact) mass is 312 g/mol. The summed E-state index contributed by atoms with van der Waals surface area (Å²) in [4.78, 5) is 1.90. The van der Waals surface area contributed by atoms with E-state index in [1.807, 2.05) is 24.1 Å². The minimum atomic E-state index is -0.270. The minimum absolute atomic E-state index is 0.142. The molecule has 1 heterocycles. The highest BCUT2D eigenvalue weighted by Crippen LogP contribution is 2.30. The molecule has 3 nitrogen and oxygen atoms in total. The first kappa shape index (κ1) is 13.1. The summed E-state index contributed by atoms with van der Waals surface area (Å²) in [5.74, 6) is 0.470. The Morgan fingerprint density at radius 2 is 2.22 bits per heavy atom. The van der Waals surface area contributed by atoms with Crippen molar-refractivity contribution in [3.05, 3.63) is 52.6 Å². The van der Waals surface area contributed by atoms with Gasteiger partial charge in [0.15, 0.2) is 0 Å². The molecule has 0 aliphatic carbocycles. The zero-order valence-electron chi connectivity index (χ0n) is 9.94. The first-order valence-electron chi connectivity index (χ1n) is 5.55. The zero-order chi connectivity index (χ0) is 13.1. The molecule has 5 heteroatoms. The van der Waals surface area contributed by atoms with Gasteiger partial charge in [0.25, 0.3) is 0 Å². The van der Waals surface area contributed by atoms with E-state index < -0.39 is 0 Å². The lowest BCUT2D eigenvalue weighted by molar-refractivity contribution is 0.457. The normalized spacial score (nSPS) is 12.4. The van der Waals surface area contributed by atoms with E-state index in [1.54, 1.807) is 12.3 Å². The van der Waals surface area contributed by atoms with Crippen LogP contribution in [0, 0.1) is 5.82 Å². The van der Waals surface area contributed by atoms with Crippen LogP contribution in [-0.4, -0.2) is 13.6 Å². The van der Waals surface area contributed by atoms with Gasteiger partial charge < -0.3 is 15.1 Å². The summed E-state index contributed by atoms with van der Waals surface area (Å²) in [5.41, 5.74) is 6.55. The van der Waals surface area contributed by atoms with Crippen LogP contribution in [-0.2, 0) is 0 Å². The average molecular weight is 313 g/mol. The Kier molecular flexibility index (Phi) is 4.04. The highest BCUT2D eigenvalue weighted by Gasteiger charge is 2.21. The number of rotatable bonds is 4. The Hall–Kier alpha value is -1.33. The molecule has 96 valence electrons. The number of nitrogens with two attached hydrogens (primary N) is 1. The lowest BCUT2D eigenvalue weighted by Gasteiger charge is -2.27. The van der Waals surface area contributed by atoms with E-state index in [0.717, 1.165) is 15.9 Å². The van der Waals surface area contributed by atoms with Crippen molar-refractivity contribution in [3.8, 4) is 0 Å². The van der Waals surface area contributed by atoms with Gasteiger partial charge in [0.05, 0.1) is 10.7 Å². The van der Waals surface area contributed by atoms with E-state index in [1.165, 1.54) is 12.1 Å². The topological polar surface area (TPSA) is 42.4 Å². The van der Waals surface area contributed by atoms with Gasteiger partial charge in [0.2, 0.25) is 0 Å². The molecule has 0 aliphatic heterocycles. The summed E-state index contributed by atoms with van der Waals surface area (Å²) in [6.07, 6.45) is 1.60. The van der Waals surface area contributed by atoms with Gasteiger partial charge in [-0.15, -0.1) is 0 Å². The predicted octanol–water partition coefficient (Wildman–Crippen LogP) is 3.32. The average Bonchev–Trinajstić information content (AvgIpc) is 2.77. The van der Waals surface area contributed by atoms with Crippen molar-refractivity contribution in [2.45, 2.75) is 6.04 Å². The van der Waals surface area contributed by atoms with Gasteiger partial charge in [-0.05, 0) is 40.2 Å². The SMILES string of the molecule is CN(c1cccc(F)c1)C(CN)c1occc1Br. The van der Waals surface area contributed by atoms with Crippen LogP contribution >= 0.6 is 15.9 Å². The third-order valence-corrected chi connectivity index (χ3v) is 3.51. The standard InChI is InChI=1S/C13H14BrFN2O/c1-17(10-4-2-3-9(15)7-10)12(8-16)13-11(14)5-6-18-13/h2-7,12H,8,16H2,1H3. The first-order chi connectivity index (χ1) is 8.63. The quantitative estimate of drug-likeness (QED) is 0.941. The number of hydrogen-bond donors (Lipinski definition) is 1. The van der Waals surface area contributed by atoms with Crippen molar-refractivity contribution < 1.29 is 8.81 Å². The Morgan fingerprint density at radius 1 is 1.44 bits per heavy atom. The van der Waals surface area contributed by atoms with Gasteiger partial charge in [0, 0.05) is 19.3 Å². The number of furan rings is 1. The van der Waals surface area contributed by atoms with Crippen LogP contribution in [0.4, 0.5) is 10.1 Å². The van der Waals surface area contributed by atoms with Crippen LogP contribution in [0.15, 0.2) is 45.5 Å². The molecule has 1 unspecified atom stereocenters. The number of nitrogens with zero attached hydrogens (tertiary/aromatic N) is 1. The summed E-state index contributed by atoms with van der Waals surface area (Å²) in [5, 5.41) is 0. The number of anilines is 1. The Bertz CT molecular complexity index is 529. The smallest absolute Gasteiger partial charge is 0.141 e. The lowest BCUT2D eigenvalue weighted by Crippen LogP contribution is -2.30. The van der Waals surface area contributed by atoms with Crippen molar-refractivity contribution in [1.82, 2.24) is 0 Å². The maximum Gasteiger partial charge on any atom is 0.141 e. The van der Waals surface area contributed by atoms with Crippen LogP contribution in [0.3, 0.4) is 0 Å². The molecule has 0 fully saturated rings. The molecule has 0 radical (unpaired) electrons. The molecule has 0 saturated heterocycles. The second-order valence-electron chi connectivity index (χ2n) is 3.98. The summed E-state index contributed by atoms with van der Waals surface area (Å²) in [6, 6.07) is 8.07. The molecule has 0 aliphatic rings. The first-order valence-corrected chi connectivity index (χ1v) is 6.34. The van der Waals surface area contributed by atoms with Crippen molar-refractivity contribution in [1.29, 1.82) is 0 Å². The van der Waals surface area contributed by atoms with Gasteiger partial charge in [-0.1, -0.05) is 6.07 Å². The molecular formula is C13H14BrFN2O. The van der Waals surface area contributed by atoms with Crippen LogP contribution < -0.4 is 10.6 Å². The lowest BCUT2D eigenvalue weighted by atomic mass is 10.1. The molecule has 1 atom stereocenters. The molecule has 1 aromatic carbocycles. The van der Waals surface area contributed by atoms with Crippen LogP contribution in [0.1, 0.15) is 11.8 Å². The summed E-state index contributed by atoms with van der Waals surface area (Å²) < 4.78 is 19.5. The number of hydrogen-bond acceptors (Lipinski definition) is 3. The third-order valence-electron chi connectivity index (χ3n) is 2.85. The van der Waals surface area contributed by atoms with E-state index in [4.69, 9.17) is 10.2 Å². The number of benzene rings is 1. The fourth-order valence-electron chi connectivity index (χ4n) is 1.86. The molecule has 0 amide bonds. The van der Waals surface area contributed by atoms with E-state index in [9.17, 15) is 4.39 Å². The minimum Gasteiger partial charge on any atom is -0.466 e. The Labute approximate surface area is 114 Å². The zero-order valence-corrected chi connectivity index (χ0v) is 11.5.